The minimum Gasteiger partial charge on any atom is -0.633 e. The summed E-state index contributed by atoms with van der Waals surface area (Å²) in [5.74, 6) is -2.87. The monoisotopic (exact) mass is 606 g/mol. The third kappa shape index (κ3) is 8.41. The molecule has 5 N–H and O–H groups in total. The first-order valence-electron chi connectivity index (χ1n) is 15.3. The Labute approximate surface area is 251 Å². The molecule has 0 spiro atoms. The van der Waals surface area contributed by atoms with Gasteiger partial charge in [0, 0.05) is 24.9 Å². The third-order valence-electron chi connectivity index (χ3n) is 9.60. The van der Waals surface area contributed by atoms with Crippen LogP contribution in [0.15, 0.2) is 0 Å². The second-order valence-electron chi connectivity index (χ2n) is 14.1. The van der Waals surface area contributed by atoms with Crippen LogP contribution in [0.3, 0.4) is 0 Å². The van der Waals surface area contributed by atoms with E-state index < -0.39 is 88.7 Å². The van der Waals surface area contributed by atoms with E-state index in [4.69, 9.17) is 14.2 Å². The molecule has 0 amide bonds. The number of esters is 1. The number of hydrogen-bond acceptors (Lipinski definition) is 11. The largest absolute Gasteiger partial charge is 0.633 e. The first-order chi connectivity index (χ1) is 19.1. The number of cyclic esters (lactones) is 1. The number of likely N-dealkylation sites (N-methyl/N-ethyl adjacent to an activating group) is 2. The fourth-order valence-electron chi connectivity index (χ4n) is 6.84. The van der Waals surface area contributed by atoms with Gasteiger partial charge in [-0.25, -0.2) is 0 Å². The Kier molecular flexibility index (Phi) is 12.4. The van der Waals surface area contributed by atoms with E-state index in [1.54, 1.807) is 41.7 Å². The van der Waals surface area contributed by atoms with Crippen molar-refractivity contribution in [3.05, 3.63) is 5.21 Å². The molecular weight excluding hydrogens is 548 g/mol. The smallest absolute Gasteiger partial charge is 0.311 e. The Morgan fingerprint density at radius 1 is 1.07 bits per heavy atom. The molecule has 2 rings (SSSR count). The maximum Gasteiger partial charge on any atom is 0.311 e. The van der Waals surface area contributed by atoms with Gasteiger partial charge >= 0.3 is 5.97 Å². The van der Waals surface area contributed by atoms with Gasteiger partial charge in [0.2, 0.25) is 0 Å². The molecule has 0 bridgehead atoms. The molecular formula is C30H58N2O10. The second kappa shape index (κ2) is 14.0. The van der Waals surface area contributed by atoms with Crippen molar-refractivity contribution in [3.8, 4) is 0 Å². The van der Waals surface area contributed by atoms with Crippen molar-refractivity contribution in [1.29, 1.82) is 0 Å². The normalized spacial score (nSPS) is 47.8. The molecule has 0 saturated carbocycles. The lowest BCUT2D eigenvalue weighted by Crippen LogP contribution is -2.62. The Bertz CT molecular complexity index is 881. The van der Waals surface area contributed by atoms with Crippen LogP contribution in [0.2, 0.25) is 0 Å². The van der Waals surface area contributed by atoms with E-state index in [-0.39, 0.29) is 18.8 Å². The highest BCUT2D eigenvalue weighted by Crippen LogP contribution is 2.37. The average molecular weight is 607 g/mol. The maximum absolute atomic E-state index is 13.3. The Balaban J connectivity index is 2.54. The van der Waals surface area contributed by atoms with Crippen molar-refractivity contribution in [2.24, 2.45) is 17.8 Å². The lowest BCUT2D eigenvalue weighted by molar-refractivity contribution is -0.874. The molecule has 0 radical (unpaired) electrons. The molecule has 1 unspecified atom stereocenters. The van der Waals surface area contributed by atoms with Gasteiger partial charge in [-0.1, -0.05) is 20.8 Å². The summed E-state index contributed by atoms with van der Waals surface area (Å²) in [5, 5.41) is 69.8. The quantitative estimate of drug-likeness (QED) is 0.176. The van der Waals surface area contributed by atoms with Crippen LogP contribution in [0.4, 0.5) is 0 Å². The van der Waals surface area contributed by atoms with E-state index >= 15 is 0 Å². The van der Waals surface area contributed by atoms with Crippen LogP contribution in [-0.2, 0) is 19.0 Å². The molecule has 2 aliphatic rings. The van der Waals surface area contributed by atoms with Crippen LogP contribution >= 0.6 is 0 Å². The number of rotatable bonds is 4. The van der Waals surface area contributed by atoms with Gasteiger partial charge in [0.15, 0.2) is 12.4 Å². The van der Waals surface area contributed by atoms with Gasteiger partial charge in [0.25, 0.3) is 0 Å². The zero-order chi connectivity index (χ0) is 32.5. The zero-order valence-electron chi connectivity index (χ0n) is 27.4. The minimum atomic E-state index is -1.77. The first kappa shape index (κ1) is 37.3. The molecule has 0 aromatic heterocycles. The number of carbonyl (C=O) groups excluding carboxylic acids is 1. The predicted molar refractivity (Wildman–Crippen MR) is 157 cm³/mol. The molecule has 2 heterocycles. The number of quaternary nitrogens is 1. The number of aliphatic hydroxyl groups is 5. The summed E-state index contributed by atoms with van der Waals surface area (Å²) in [6, 6.07) is -1.27. The lowest BCUT2D eigenvalue weighted by Gasteiger charge is -2.50. The number of hydroxylamine groups is 3. The molecule has 0 aliphatic carbocycles. The van der Waals surface area contributed by atoms with E-state index in [2.05, 4.69) is 0 Å². The number of aliphatic hydroxyl groups excluding tert-OH is 3. The molecule has 248 valence electrons. The van der Waals surface area contributed by atoms with E-state index in [0.29, 0.717) is 13.0 Å². The average Bonchev–Trinajstić information content (AvgIpc) is 2.87. The molecule has 2 saturated heterocycles. The molecule has 42 heavy (non-hydrogen) atoms. The zero-order valence-corrected chi connectivity index (χ0v) is 27.4. The molecule has 12 nitrogen and oxygen atoms in total. The fourth-order valence-corrected chi connectivity index (χ4v) is 6.84. The van der Waals surface area contributed by atoms with Crippen molar-refractivity contribution < 1.29 is 49.2 Å². The number of ether oxygens (including phenoxy) is 3. The van der Waals surface area contributed by atoms with E-state index in [1.165, 1.54) is 27.9 Å². The van der Waals surface area contributed by atoms with Gasteiger partial charge in [-0.3, -0.25) is 4.79 Å². The summed E-state index contributed by atoms with van der Waals surface area (Å²) in [4.78, 5) is 15.2. The minimum absolute atomic E-state index is 0.149. The predicted octanol–water partition coefficient (Wildman–Crippen LogP) is 0.988. The standard InChI is InChI=1S/C30H58N2O10/c1-12-22-30(8,38)25(35)20(6)31(9)15-16(2)14-29(7,37)26(18(4)23(33)19(5)27(36)41-22)42-28-24(34)21(32(10,11)39)13-17(3)40-28/h16-26,28,33-35,37-38H,12-15H2,1-11H3/t16-,17-,18+,19-,20-,21+,22-,23+,24-,25-,26-,28+,29?,30-/m1/s1. The van der Waals surface area contributed by atoms with E-state index in [1.807, 2.05) is 11.8 Å². The van der Waals surface area contributed by atoms with Crippen LogP contribution in [0.1, 0.15) is 74.7 Å². The lowest BCUT2D eigenvalue weighted by atomic mass is 9.78. The summed E-state index contributed by atoms with van der Waals surface area (Å²) < 4.78 is 17.2. The fraction of sp³-hybridized carbons (Fsp3) is 0.967. The second-order valence-corrected chi connectivity index (χ2v) is 14.1. The van der Waals surface area contributed by atoms with Crippen molar-refractivity contribution in [2.75, 3.05) is 27.7 Å². The molecule has 2 fully saturated rings. The van der Waals surface area contributed by atoms with Crippen LogP contribution in [0.25, 0.3) is 0 Å². The van der Waals surface area contributed by atoms with Gasteiger partial charge in [-0.05, 0) is 60.4 Å². The summed E-state index contributed by atoms with van der Waals surface area (Å²) in [5.41, 5.74) is -3.35. The molecule has 0 aromatic carbocycles. The Morgan fingerprint density at radius 2 is 1.64 bits per heavy atom. The van der Waals surface area contributed by atoms with Gasteiger partial charge in [-0.15, -0.1) is 0 Å². The number of nitrogens with zero attached hydrogens (tertiary/aromatic N) is 2. The Morgan fingerprint density at radius 3 is 2.17 bits per heavy atom. The van der Waals surface area contributed by atoms with Gasteiger partial charge in [0.05, 0.1) is 43.9 Å². The summed E-state index contributed by atoms with van der Waals surface area (Å²) >= 11 is 0. The summed E-state index contributed by atoms with van der Waals surface area (Å²) in [7, 11) is 4.69. The number of carbonyl (C=O) groups is 1. The van der Waals surface area contributed by atoms with E-state index in [0.717, 1.165) is 0 Å². The molecule has 12 heteroatoms. The SMILES string of the molecule is CC[C@H]1OC(=O)[C@H](C)[C@@H](O)[C@H](C)[C@@H](O[C@@H]2O[C@H](C)C[C@H]([N+](C)(C)[O-])[C@H]2O)C(C)(O)C[C@@H](C)CN(C)[C@H](C)[C@@H](O)[C@]1(C)O. The number of hydrogen-bond donors (Lipinski definition) is 5. The molecule has 2 aliphatic heterocycles. The third-order valence-corrected chi connectivity index (χ3v) is 9.60. The van der Waals surface area contributed by atoms with E-state index in [9.17, 15) is 35.5 Å². The topological polar surface area (TPSA) is 172 Å². The molecule has 0 aromatic rings. The highest BCUT2D eigenvalue weighted by molar-refractivity contribution is 5.73. The van der Waals surface area contributed by atoms with Crippen LogP contribution in [0, 0.1) is 23.0 Å². The maximum atomic E-state index is 13.3. The molecule has 14 atom stereocenters. The van der Waals surface area contributed by atoms with Crippen LogP contribution < -0.4 is 0 Å². The van der Waals surface area contributed by atoms with Crippen molar-refractivity contribution in [3.63, 3.8) is 0 Å². The highest BCUT2D eigenvalue weighted by Gasteiger charge is 2.50. The highest BCUT2D eigenvalue weighted by atomic mass is 16.7. The van der Waals surface area contributed by atoms with Crippen molar-refractivity contribution in [2.45, 2.75) is 141 Å². The summed E-state index contributed by atoms with van der Waals surface area (Å²) in [6.07, 6.45) is -7.02. The van der Waals surface area contributed by atoms with Gasteiger partial charge in [0.1, 0.15) is 23.9 Å². The Hall–Kier alpha value is -0.930. The van der Waals surface area contributed by atoms with Gasteiger partial charge < -0.3 is 54.5 Å². The first-order valence-corrected chi connectivity index (χ1v) is 15.3. The van der Waals surface area contributed by atoms with Crippen molar-refractivity contribution >= 4 is 5.97 Å². The van der Waals surface area contributed by atoms with Crippen molar-refractivity contribution in [1.82, 2.24) is 4.90 Å². The van der Waals surface area contributed by atoms with Crippen LogP contribution in [0.5, 0.6) is 0 Å². The summed E-state index contributed by atoms with van der Waals surface area (Å²) in [6.45, 7) is 13.8. The van der Waals surface area contributed by atoms with Crippen LogP contribution in [-0.4, -0.2) is 135 Å². The van der Waals surface area contributed by atoms with Gasteiger partial charge in [-0.2, -0.15) is 0 Å².